The molecule has 0 radical (unpaired) electrons. The van der Waals surface area contributed by atoms with Crippen LogP contribution in [0, 0.1) is 6.92 Å². The summed E-state index contributed by atoms with van der Waals surface area (Å²) in [4.78, 5) is 0. The highest BCUT2D eigenvalue weighted by atomic mass is 16.5. The standard InChI is InChI=1S/C19H33NO/c1-5-7-8-9-13-16(4)21-19(18(20)6-2)17-14-11-10-12-15(17)3/h10-12,14,16,18-19H,5-9,13,20H2,1-4H3. The zero-order chi connectivity index (χ0) is 15.7. The molecular formula is C19H33NO. The smallest absolute Gasteiger partial charge is 0.0981 e. The molecule has 0 aliphatic rings. The number of rotatable bonds is 10. The molecule has 3 atom stereocenters. The monoisotopic (exact) mass is 291 g/mol. The first-order valence-corrected chi connectivity index (χ1v) is 8.56. The fourth-order valence-electron chi connectivity index (χ4n) is 2.70. The molecule has 1 rings (SSSR count). The second-order valence-corrected chi connectivity index (χ2v) is 6.15. The Morgan fingerprint density at radius 1 is 1.10 bits per heavy atom. The third kappa shape index (κ3) is 6.19. The van der Waals surface area contributed by atoms with E-state index < -0.39 is 0 Å². The first-order valence-electron chi connectivity index (χ1n) is 8.56. The predicted molar refractivity (Wildman–Crippen MR) is 91.5 cm³/mol. The van der Waals surface area contributed by atoms with Crippen molar-refractivity contribution in [3.63, 3.8) is 0 Å². The number of hydrogen-bond donors (Lipinski definition) is 1. The summed E-state index contributed by atoms with van der Waals surface area (Å²) in [5.41, 5.74) is 8.83. The highest BCUT2D eigenvalue weighted by Crippen LogP contribution is 2.27. The van der Waals surface area contributed by atoms with E-state index in [2.05, 4.69) is 52.0 Å². The van der Waals surface area contributed by atoms with E-state index in [9.17, 15) is 0 Å². The first kappa shape index (κ1) is 18.2. The van der Waals surface area contributed by atoms with Crippen molar-refractivity contribution in [3.05, 3.63) is 35.4 Å². The van der Waals surface area contributed by atoms with E-state index in [4.69, 9.17) is 10.5 Å². The molecule has 0 aliphatic carbocycles. The van der Waals surface area contributed by atoms with Gasteiger partial charge in [-0.15, -0.1) is 0 Å². The number of aryl methyl sites for hydroxylation is 1. The van der Waals surface area contributed by atoms with E-state index in [1.54, 1.807) is 0 Å². The van der Waals surface area contributed by atoms with Gasteiger partial charge in [0.15, 0.2) is 0 Å². The summed E-state index contributed by atoms with van der Waals surface area (Å²) in [5.74, 6) is 0. The third-order valence-electron chi connectivity index (χ3n) is 4.20. The molecule has 0 aromatic heterocycles. The van der Waals surface area contributed by atoms with E-state index in [0.717, 1.165) is 12.8 Å². The Morgan fingerprint density at radius 2 is 1.81 bits per heavy atom. The van der Waals surface area contributed by atoms with Gasteiger partial charge in [-0.1, -0.05) is 63.8 Å². The molecule has 3 unspecified atom stereocenters. The van der Waals surface area contributed by atoms with Crippen molar-refractivity contribution in [2.45, 2.75) is 84.5 Å². The molecular weight excluding hydrogens is 258 g/mol. The summed E-state index contributed by atoms with van der Waals surface area (Å²) < 4.78 is 6.33. The Kier molecular flexibility index (Phi) is 8.63. The van der Waals surface area contributed by atoms with Crippen LogP contribution in [0.4, 0.5) is 0 Å². The quantitative estimate of drug-likeness (QED) is 0.605. The largest absolute Gasteiger partial charge is 0.369 e. The number of nitrogens with two attached hydrogens (primary N) is 1. The second-order valence-electron chi connectivity index (χ2n) is 6.15. The van der Waals surface area contributed by atoms with E-state index >= 15 is 0 Å². The molecule has 0 saturated heterocycles. The van der Waals surface area contributed by atoms with Crippen LogP contribution >= 0.6 is 0 Å². The van der Waals surface area contributed by atoms with Crippen LogP contribution in [0.15, 0.2) is 24.3 Å². The molecule has 0 saturated carbocycles. The summed E-state index contributed by atoms with van der Waals surface area (Å²) >= 11 is 0. The average Bonchev–Trinajstić information content (AvgIpc) is 2.49. The Bertz CT molecular complexity index is 391. The lowest BCUT2D eigenvalue weighted by Crippen LogP contribution is -2.32. The van der Waals surface area contributed by atoms with Crippen LogP contribution in [0.5, 0.6) is 0 Å². The van der Waals surface area contributed by atoms with Crippen molar-refractivity contribution < 1.29 is 4.74 Å². The first-order chi connectivity index (χ1) is 10.1. The number of unbranched alkanes of at least 4 members (excludes halogenated alkanes) is 3. The second kappa shape index (κ2) is 9.97. The summed E-state index contributed by atoms with van der Waals surface area (Å²) in [7, 11) is 0. The zero-order valence-electron chi connectivity index (χ0n) is 14.3. The molecule has 0 aliphatic heterocycles. The molecule has 2 heteroatoms. The van der Waals surface area contributed by atoms with E-state index in [1.807, 2.05) is 0 Å². The maximum Gasteiger partial charge on any atom is 0.0981 e. The minimum atomic E-state index is 0.0115. The molecule has 120 valence electrons. The highest BCUT2D eigenvalue weighted by Gasteiger charge is 2.22. The fourth-order valence-corrected chi connectivity index (χ4v) is 2.70. The van der Waals surface area contributed by atoms with Crippen LogP contribution in [0.2, 0.25) is 0 Å². The lowest BCUT2D eigenvalue weighted by molar-refractivity contribution is -0.0233. The van der Waals surface area contributed by atoms with Gasteiger partial charge in [-0.25, -0.2) is 0 Å². The Labute approximate surface area is 131 Å². The van der Waals surface area contributed by atoms with Gasteiger partial charge in [0, 0.05) is 6.04 Å². The van der Waals surface area contributed by atoms with Gasteiger partial charge < -0.3 is 10.5 Å². The van der Waals surface area contributed by atoms with Gasteiger partial charge in [-0.2, -0.15) is 0 Å². The van der Waals surface area contributed by atoms with Crippen molar-refractivity contribution in [2.24, 2.45) is 5.73 Å². The van der Waals surface area contributed by atoms with Crippen LogP contribution in [0.25, 0.3) is 0 Å². The molecule has 2 N–H and O–H groups in total. The van der Waals surface area contributed by atoms with Crippen LogP contribution in [-0.4, -0.2) is 12.1 Å². The van der Waals surface area contributed by atoms with Crippen LogP contribution in [-0.2, 0) is 4.74 Å². The summed E-state index contributed by atoms with van der Waals surface area (Å²) in [5, 5.41) is 0. The van der Waals surface area contributed by atoms with Crippen LogP contribution < -0.4 is 5.73 Å². The molecule has 2 nitrogen and oxygen atoms in total. The lowest BCUT2D eigenvalue weighted by atomic mass is 9.96. The van der Waals surface area contributed by atoms with Crippen LogP contribution in [0.1, 0.15) is 76.5 Å². The van der Waals surface area contributed by atoms with Crippen molar-refractivity contribution in [2.75, 3.05) is 0 Å². The van der Waals surface area contributed by atoms with Gasteiger partial charge in [0.1, 0.15) is 0 Å². The van der Waals surface area contributed by atoms with Crippen molar-refractivity contribution in [1.29, 1.82) is 0 Å². The predicted octanol–water partition coefficient (Wildman–Crippen LogP) is 5.15. The minimum Gasteiger partial charge on any atom is -0.369 e. The fraction of sp³-hybridized carbons (Fsp3) is 0.684. The van der Waals surface area contributed by atoms with Crippen molar-refractivity contribution in [1.82, 2.24) is 0 Å². The van der Waals surface area contributed by atoms with E-state index in [1.165, 1.54) is 36.8 Å². The summed E-state index contributed by atoms with van der Waals surface area (Å²) in [6, 6.07) is 8.50. The normalized spacial score (nSPS) is 15.7. The van der Waals surface area contributed by atoms with Gasteiger partial charge in [0.05, 0.1) is 12.2 Å². The maximum atomic E-state index is 6.33. The molecule has 21 heavy (non-hydrogen) atoms. The Hall–Kier alpha value is -0.860. The van der Waals surface area contributed by atoms with Gasteiger partial charge >= 0.3 is 0 Å². The number of hydrogen-bond acceptors (Lipinski definition) is 2. The van der Waals surface area contributed by atoms with E-state index in [0.29, 0.717) is 0 Å². The Balaban J connectivity index is 2.65. The van der Waals surface area contributed by atoms with Gasteiger partial charge in [-0.3, -0.25) is 0 Å². The average molecular weight is 291 g/mol. The maximum absolute atomic E-state index is 6.33. The molecule has 0 fully saturated rings. The molecule has 1 aromatic rings. The lowest BCUT2D eigenvalue weighted by Gasteiger charge is -2.28. The van der Waals surface area contributed by atoms with Crippen molar-refractivity contribution in [3.8, 4) is 0 Å². The van der Waals surface area contributed by atoms with Gasteiger partial charge in [-0.05, 0) is 37.8 Å². The summed E-state index contributed by atoms with van der Waals surface area (Å²) in [6.07, 6.45) is 7.49. The zero-order valence-corrected chi connectivity index (χ0v) is 14.3. The molecule has 0 spiro atoms. The topological polar surface area (TPSA) is 35.2 Å². The Morgan fingerprint density at radius 3 is 2.43 bits per heavy atom. The SMILES string of the molecule is CCCCCCC(C)OC(c1ccccc1C)C(N)CC. The molecule has 0 bridgehead atoms. The number of ether oxygens (including phenoxy) is 1. The molecule has 0 heterocycles. The summed E-state index contributed by atoms with van der Waals surface area (Å²) in [6.45, 7) is 8.69. The molecule has 1 aromatic carbocycles. The minimum absolute atomic E-state index is 0.0115. The van der Waals surface area contributed by atoms with Crippen LogP contribution in [0.3, 0.4) is 0 Å². The van der Waals surface area contributed by atoms with Gasteiger partial charge in [0.25, 0.3) is 0 Å². The third-order valence-corrected chi connectivity index (χ3v) is 4.20. The number of benzene rings is 1. The highest BCUT2D eigenvalue weighted by molar-refractivity contribution is 5.28. The van der Waals surface area contributed by atoms with Gasteiger partial charge in [0.2, 0.25) is 0 Å². The van der Waals surface area contributed by atoms with Crippen molar-refractivity contribution >= 4 is 0 Å². The molecule has 0 amide bonds. The van der Waals surface area contributed by atoms with E-state index in [-0.39, 0.29) is 18.2 Å².